The molecule has 1 heterocycles. The molecule has 0 saturated carbocycles. The van der Waals surface area contributed by atoms with Crippen molar-refractivity contribution in [3.05, 3.63) is 51.8 Å². The second-order valence-electron chi connectivity index (χ2n) is 4.36. The van der Waals surface area contributed by atoms with Crippen LogP contribution in [0.5, 0.6) is 0 Å². The Morgan fingerprint density at radius 3 is 2.90 bits per heavy atom. The van der Waals surface area contributed by atoms with Crippen LogP contribution in [0.15, 0.2) is 28.9 Å². The van der Waals surface area contributed by atoms with E-state index in [0.717, 1.165) is 18.2 Å². The SMILES string of the molecule is COCCn1ncc(Br)c1C(NN)c1cc(F)ccc1F. The predicted molar refractivity (Wildman–Crippen MR) is 77.3 cm³/mol. The largest absolute Gasteiger partial charge is 0.383 e. The van der Waals surface area contributed by atoms with Gasteiger partial charge in [0.2, 0.25) is 0 Å². The minimum absolute atomic E-state index is 0.109. The van der Waals surface area contributed by atoms with Gasteiger partial charge >= 0.3 is 0 Å². The van der Waals surface area contributed by atoms with Crippen molar-refractivity contribution in [3.63, 3.8) is 0 Å². The first-order valence-corrected chi connectivity index (χ1v) is 6.99. The highest BCUT2D eigenvalue weighted by Gasteiger charge is 2.24. The summed E-state index contributed by atoms with van der Waals surface area (Å²) in [5.74, 6) is 4.46. The van der Waals surface area contributed by atoms with E-state index in [0.29, 0.717) is 23.3 Å². The van der Waals surface area contributed by atoms with Crippen molar-refractivity contribution in [2.75, 3.05) is 13.7 Å². The van der Waals surface area contributed by atoms with Crippen molar-refractivity contribution < 1.29 is 13.5 Å². The number of hydrogen-bond acceptors (Lipinski definition) is 4. The monoisotopic (exact) mass is 360 g/mol. The number of halogens is 3. The minimum atomic E-state index is -0.741. The molecule has 21 heavy (non-hydrogen) atoms. The molecule has 2 aromatic rings. The molecule has 0 radical (unpaired) electrons. The Labute approximate surface area is 129 Å². The third-order valence-electron chi connectivity index (χ3n) is 3.05. The van der Waals surface area contributed by atoms with Crippen molar-refractivity contribution in [1.29, 1.82) is 0 Å². The van der Waals surface area contributed by atoms with Gasteiger partial charge < -0.3 is 4.74 Å². The maximum atomic E-state index is 14.0. The fourth-order valence-electron chi connectivity index (χ4n) is 2.07. The summed E-state index contributed by atoms with van der Waals surface area (Å²) >= 11 is 3.35. The summed E-state index contributed by atoms with van der Waals surface area (Å²) in [6, 6.07) is 2.50. The molecule has 0 bridgehead atoms. The lowest BCUT2D eigenvalue weighted by atomic mass is 10.0. The number of hydrazine groups is 1. The smallest absolute Gasteiger partial charge is 0.128 e. The van der Waals surface area contributed by atoms with E-state index in [4.69, 9.17) is 10.6 Å². The van der Waals surface area contributed by atoms with Gasteiger partial charge in [-0.3, -0.25) is 10.5 Å². The Hall–Kier alpha value is -1.35. The quantitative estimate of drug-likeness (QED) is 0.611. The summed E-state index contributed by atoms with van der Waals surface area (Å²) in [5, 5.41) is 4.18. The van der Waals surface area contributed by atoms with E-state index in [9.17, 15) is 8.78 Å². The number of hydrogen-bond donors (Lipinski definition) is 2. The zero-order valence-corrected chi connectivity index (χ0v) is 12.9. The number of rotatable bonds is 6. The van der Waals surface area contributed by atoms with Crippen molar-refractivity contribution in [2.45, 2.75) is 12.6 Å². The lowest BCUT2D eigenvalue weighted by Crippen LogP contribution is -2.32. The zero-order chi connectivity index (χ0) is 15.4. The number of benzene rings is 1. The second-order valence-corrected chi connectivity index (χ2v) is 5.21. The molecular formula is C13H15BrF2N4O. The van der Waals surface area contributed by atoms with Gasteiger partial charge in [-0.2, -0.15) is 5.10 Å². The molecule has 3 N–H and O–H groups in total. The van der Waals surface area contributed by atoms with Gasteiger partial charge in [-0.05, 0) is 34.1 Å². The van der Waals surface area contributed by atoms with Crippen LogP contribution in [0.25, 0.3) is 0 Å². The number of nitrogens with zero attached hydrogens (tertiary/aromatic N) is 2. The van der Waals surface area contributed by atoms with Crippen LogP contribution in [0.2, 0.25) is 0 Å². The zero-order valence-electron chi connectivity index (χ0n) is 11.3. The molecule has 0 saturated heterocycles. The summed E-state index contributed by atoms with van der Waals surface area (Å²) in [5.41, 5.74) is 3.21. The Morgan fingerprint density at radius 1 is 1.48 bits per heavy atom. The van der Waals surface area contributed by atoms with Crippen molar-refractivity contribution in [1.82, 2.24) is 15.2 Å². The summed E-state index contributed by atoms with van der Waals surface area (Å²) < 4.78 is 34.7. The van der Waals surface area contributed by atoms with Crippen LogP contribution in [-0.2, 0) is 11.3 Å². The maximum absolute atomic E-state index is 14.0. The van der Waals surface area contributed by atoms with Gasteiger partial charge in [0.1, 0.15) is 11.6 Å². The van der Waals surface area contributed by atoms with Crippen LogP contribution in [0.1, 0.15) is 17.3 Å². The van der Waals surface area contributed by atoms with Crippen LogP contribution in [0, 0.1) is 11.6 Å². The topological polar surface area (TPSA) is 65.1 Å². The number of methoxy groups -OCH3 is 1. The Morgan fingerprint density at radius 2 is 2.24 bits per heavy atom. The van der Waals surface area contributed by atoms with E-state index in [1.165, 1.54) is 0 Å². The highest BCUT2D eigenvalue weighted by molar-refractivity contribution is 9.10. The standard InChI is InChI=1S/C13H15BrF2N4O/c1-21-5-4-20-13(10(14)7-18-20)12(19-17)9-6-8(15)2-3-11(9)16/h2-3,6-7,12,19H,4-5,17H2,1H3. The first-order valence-electron chi connectivity index (χ1n) is 6.19. The third kappa shape index (κ3) is 3.46. The minimum Gasteiger partial charge on any atom is -0.383 e. The normalized spacial score (nSPS) is 12.6. The van der Waals surface area contributed by atoms with E-state index < -0.39 is 17.7 Å². The lowest BCUT2D eigenvalue weighted by Gasteiger charge is -2.19. The van der Waals surface area contributed by atoms with Gasteiger partial charge in [0.25, 0.3) is 0 Å². The molecule has 8 heteroatoms. The molecule has 0 spiro atoms. The van der Waals surface area contributed by atoms with Gasteiger partial charge in [-0.1, -0.05) is 0 Å². The van der Waals surface area contributed by atoms with Crippen molar-refractivity contribution >= 4 is 15.9 Å². The summed E-state index contributed by atoms with van der Waals surface area (Å²) in [4.78, 5) is 0. The number of aromatic nitrogens is 2. The van der Waals surface area contributed by atoms with Crippen LogP contribution in [0.4, 0.5) is 8.78 Å². The van der Waals surface area contributed by atoms with Crippen molar-refractivity contribution in [3.8, 4) is 0 Å². The maximum Gasteiger partial charge on any atom is 0.128 e. The summed E-state index contributed by atoms with van der Waals surface area (Å²) in [6.07, 6.45) is 1.58. The van der Waals surface area contributed by atoms with E-state index in [-0.39, 0.29) is 5.56 Å². The van der Waals surface area contributed by atoms with Gasteiger partial charge in [0.05, 0.1) is 35.6 Å². The third-order valence-corrected chi connectivity index (χ3v) is 3.66. The highest BCUT2D eigenvalue weighted by atomic mass is 79.9. The van der Waals surface area contributed by atoms with Crippen molar-refractivity contribution in [2.24, 2.45) is 5.84 Å². The molecule has 1 aromatic heterocycles. The fourth-order valence-corrected chi connectivity index (χ4v) is 2.59. The van der Waals surface area contributed by atoms with E-state index >= 15 is 0 Å². The molecule has 2 rings (SSSR count). The van der Waals surface area contributed by atoms with Crippen LogP contribution >= 0.6 is 15.9 Å². The summed E-state index contributed by atoms with van der Waals surface area (Å²) in [7, 11) is 1.57. The molecular weight excluding hydrogens is 346 g/mol. The molecule has 0 aliphatic carbocycles. The number of nitrogens with two attached hydrogens (primary N) is 1. The molecule has 0 aliphatic rings. The molecule has 1 aromatic carbocycles. The molecule has 1 unspecified atom stereocenters. The lowest BCUT2D eigenvalue weighted by molar-refractivity contribution is 0.182. The second kappa shape index (κ2) is 7.08. The van der Waals surface area contributed by atoms with Crippen LogP contribution < -0.4 is 11.3 Å². The van der Waals surface area contributed by atoms with Crippen LogP contribution in [0.3, 0.4) is 0 Å². The summed E-state index contributed by atoms with van der Waals surface area (Å²) in [6.45, 7) is 0.899. The molecule has 1 atom stereocenters. The average molecular weight is 361 g/mol. The highest BCUT2D eigenvalue weighted by Crippen LogP contribution is 2.30. The Bertz CT molecular complexity index is 620. The average Bonchev–Trinajstić information content (AvgIpc) is 2.83. The first-order chi connectivity index (χ1) is 10.1. The number of ether oxygens (including phenoxy) is 1. The molecule has 0 aliphatic heterocycles. The first kappa shape index (κ1) is 16.0. The van der Waals surface area contributed by atoms with E-state index in [1.807, 2.05) is 0 Å². The molecule has 0 amide bonds. The molecule has 0 fully saturated rings. The van der Waals surface area contributed by atoms with E-state index in [2.05, 4.69) is 26.5 Å². The van der Waals surface area contributed by atoms with Gasteiger partial charge in [-0.25, -0.2) is 14.2 Å². The van der Waals surface area contributed by atoms with Gasteiger partial charge in [-0.15, -0.1) is 0 Å². The Balaban J connectivity index is 2.46. The van der Waals surface area contributed by atoms with Crippen LogP contribution in [-0.4, -0.2) is 23.5 Å². The van der Waals surface area contributed by atoms with E-state index in [1.54, 1.807) is 18.0 Å². The molecule has 114 valence electrons. The molecule has 5 nitrogen and oxygen atoms in total. The fraction of sp³-hybridized carbons (Fsp3) is 0.308. The predicted octanol–water partition coefficient (Wildman–Crippen LogP) is 2.12. The Kier molecular flexibility index (Phi) is 5.40. The number of nitrogens with one attached hydrogen (secondary N) is 1. The van der Waals surface area contributed by atoms with Gasteiger partial charge in [0.15, 0.2) is 0 Å². The van der Waals surface area contributed by atoms with Gasteiger partial charge in [0, 0.05) is 12.7 Å².